The lowest BCUT2D eigenvalue weighted by Gasteiger charge is -2.28. The predicted molar refractivity (Wildman–Crippen MR) is 60.1 cm³/mol. The molecule has 1 aliphatic carbocycles. The van der Waals surface area contributed by atoms with Gasteiger partial charge in [-0.15, -0.1) is 0 Å². The average Bonchev–Trinajstić information content (AvgIpc) is 2.32. The molecule has 0 bridgehead atoms. The minimum absolute atomic E-state index is 0.0793. The van der Waals surface area contributed by atoms with Crippen molar-refractivity contribution < 1.29 is 13.9 Å². The number of benzene rings is 1. The van der Waals surface area contributed by atoms with Crippen LogP contribution in [0.15, 0.2) is 24.3 Å². The topological polar surface area (TPSA) is 18.5 Å². The third kappa shape index (κ3) is 2.73. The molecule has 1 aromatic rings. The molecule has 88 valence electrons. The summed E-state index contributed by atoms with van der Waals surface area (Å²) in [7, 11) is 1.72. The minimum Gasteiger partial charge on any atom is -0.487 e. The number of hydrogen-bond acceptors (Lipinski definition) is 2. The quantitative estimate of drug-likeness (QED) is 0.785. The lowest BCUT2D eigenvalue weighted by Crippen LogP contribution is -2.29. The summed E-state index contributed by atoms with van der Waals surface area (Å²) in [5.74, 6) is 0.0614. The van der Waals surface area contributed by atoms with Gasteiger partial charge in [0, 0.05) is 13.5 Å². The average molecular weight is 224 g/mol. The zero-order chi connectivity index (χ0) is 11.4. The maximum absolute atomic E-state index is 13.4. The number of ether oxygens (including phenoxy) is 2. The Kier molecular flexibility index (Phi) is 3.78. The summed E-state index contributed by atoms with van der Waals surface area (Å²) in [4.78, 5) is 0. The normalized spacial score (nSPS) is 25.4. The maximum atomic E-state index is 13.4. The van der Waals surface area contributed by atoms with E-state index in [1.54, 1.807) is 25.3 Å². The largest absolute Gasteiger partial charge is 0.487 e. The molecule has 2 unspecified atom stereocenters. The fourth-order valence-corrected chi connectivity index (χ4v) is 2.14. The van der Waals surface area contributed by atoms with E-state index in [-0.39, 0.29) is 18.0 Å². The zero-order valence-electron chi connectivity index (χ0n) is 9.49. The second-order valence-corrected chi connectivity index (χ2v) is 4.19. The molecule has 0 aliphatic heterocycles. The molecule has 1 fully saturated rings. The van der Waals surface area contributed by atoms with Crippen molar-refractivity contribution in [2.45, 2.75) is 37.9 Å². The van der Waals surface area contributed by atoms with E-state index in [0.29, 0.717) is 5.75 Å². The number of para-hydroxylation sites is 1. The Hall–Kier alpha value is -1.09. The molecule has 1 aromatic carbocycles. The number of methoxy groups -OCH3 is 1. The lowest BCUT2D eigenvalue weighted by molar-refractivity contribution is 0.0197. The van der Waals surface area contributed by atoms with Crippen molar-refractivity contribution in [1.29, 1.82) is 0 Å². The summed E-state index contributed by atoms with van der Waals surface area (Å²) < 4.78 is 24.3. The first-order valence-corrected chi connectivity index (χ1v) is 5.73. The fourth-order valence-electron chi connectivity index (χ4n) is 2.14. The van der Waals surface area contributed by atoms with E-state index in [0.717, 1.165) is 25.7 Å². The Bertz CT molecular complexity index is 340. The van der Waals surface area contributed by atoms with E-state index < -0.39 is 0 Å². The van der Waals surface area contributed by atoms with Gasteiger partial charge in [-0.25, -0.2) is 4.39 Å². The molecule has 0 heterocycles. The summed E-state index contributed by atoms with van der Waals surface area (Å²) in [6.07, 6.45) is 4.32. The zero-order valence-corrected chi connectivity index (χ0v) is 9.49. The van der Waals surface area contributed by atoms with Crippen molar-refractivity contribution in [3.63, 3.8) is 0 Å². The standard InChI is InChI=1S/C13H17FO2/c1-15-10-5-4-6-11(9-10)16-13-8-3-2-7-12(13)14/h2-3,7-8,10-11H,4-6,9H2,1H3. The van der Waals surface area contributed by atoms with Crippen molar-refractivity contribution >= 4 is 0 Å². The summed E-state index contributed by atoms with van der Waals surface area (Å²) >= 11 is 0. The monoisotopic (exact) mass is 224 g/mol. The van der Waals surface area contributed by atoms with E-state index in [1.807, 2.05) is 0 Å². The second-order valence-electron chi connectivity index (χ2n) is 4.19. The number of hydrogen-bond donors (Lipinski definition) is 0. The van der Waals surface area contributed by atoms with Crippen LogP contribution in [-0.4, -0.2) is 19.3 Å². The highest BCUT2D eigenvalue weighted by Gasteiger charge is 2.23. The van der Waals surface area contributed by atoms with Crippen LogP contribution in [-0.2, 0) is 4.74 Å². The van der Waals surface area contributed by atoms with Gasteiger partial charge in [0.2, 0.25) is 0 Å². The molecule has 0 saturated heterocycles. The first kappa shape index (κ1) is 11.4. The molecular formula is C13H17FO2. The van der Waals surface area contributed by atoms with Crippen LogP contribution in [0, 0.1) is 5.82 Å². The van der Waals surface area contributed by atoms with Crippen molar-refractivity contribution in [3.05, 3.63) is 30.1 Å². The van der Waals surface area contributed by atoms with Gasteiger partial charge < -0.3 is 9.47 Å². The van der Waals surface area contributed by atoms with Gasteiger partial charge >= 0.3 is 0 Å². The number of halogens is 1. The van der Waals surface area contributed by atoms with Crippen LogP contribution < -0.4 is 4.74 Å². The molecule has 0 aromatic heterocycles. The summed E-state index contributed by atoms with van der Waals surface area (Å²) in [6.45, 7) is 0. The van der Waals surface area contributed by atoms with Gasteiger partial charge in [-0.1, -0.05) is 12.1 Å². The SMILES string of the molecule is COC1CCCC(Oc2ccccc2F)C1. The van der Waals surface area contributed by atoms with E-state index >= 15 is 0 Å². The highest BCUT2D eigenvalue weighted by Crippen LogP contribution is 2.26. The van der Waals surface area contributed by atoms with Crippen LogP contribution in [0.3, 0.4) is 0 Å². The van der Waals surface area contributed by atoms with Gasteiger partial charge in [0.25, 0.3) is 0 Å². The lowest BCUT2D eigenvalue weighted by atomic mass is 9.95. The van der Waals surface area contributed by atoms with Crippen molar-refractivity contribution in [2.24, 2.45) is 0 Å². The van der Waals surface area contributed by atoms with Gasteiger partial charge in [0.15, 0.2) is 11.6 Å². The molecule has 0 radical (unpaired) electrons. The number of rotatable bonds is 3. The Labute approximate surface area is 95.4 Å². The van der Waals surface area contributed by atoms with E-state index in [1.165, 1.54) is 6.07 Å². The Morgan fingerprint density at radius 2 is 1.94 bits per heavy atom. The first-order valence-electron chi connectivity index (χ1n) is 5.73. The molecule has 3 heteroatoms. The van der Waals surface area contributed by atoms with Crippen LogP contribution in [0.25, 0.3) is 0 Å². The van der Waals surface area contributed by atoms with Gasteiger partial charge in [-0.05, 0) is 31.4 Å². The Morgan fingerprint density at radius 1 is 1.19 bits per heavy atom. The van der Waals surface area contributed by atoms with Gasteiger partial charge in [0.05, 0.1) is 6.10 Å². The van der Waals surface area contributed by atoms with Crippen LogP contribution in [0.5, 0.6) is 5.75 Å². The molecular weight excluding hydrogens is 207 g/mol. The Balaban J connectivity index is 1.97. The molecule has 0 N–H and O–H groups in total. The smallest absolute Gasteiger partial charge is 0.165 e. The van der Waals surface area contributed by atoms with Gasteiger partial charge in [-0.2, -0.15) is 0 Å². The van der Waals surface area contributed by atoms with Crippen LogP contribution in [0.1, 0.15) is 25.7 Å². The predicted octanol–water partition coefficient (Wildman–Crippen LogP) is 3.16. The maximum Gasteiger partial charge on any atom is 0.165 e. The van der Waals surface area contributed by atoms with E-state index in [4.69, 9.17) is 9.47 Å². The summed E-state index contributed by atoms with van der Waals surface area (Å²) in [5.41, 5.74) is 0. The molecule has 1 aliphatic rings. The highest BCUT2D eigenvalue weighted by atomic mass is 19.1. The first-order chi connectivity index (χ1) is 7.79. The van der Waals surface area contributed by atoms with Crippen LogP contribution in [0.4, 0.5) is 4.39 Å². The van der Waals surface area contributed by atoms with Gasteiger partial charge in [0.1, 0.15) is 6.10 Å². The van der Waals surface area contributed by atoms with Crippen molar-refractivity contribution in [2.75, 3.05) is 7.11 Å². The summed E-state index contributed by atoms with van der Waals surface area (Å²) in [6, 6.07) is 6.55. The minimum atomic E-state index is -0.290. The third-order valence-corrected chi connectivity index (χ3v) is 3.04. The van der Waals surface area contributed by atoms with Crippen molar-refractivity contribution in [1.82, 2.24) is 0 Å². The van der Waals surface area contributed by atoms with Crippen molar-refractivity contribution in [3.8, 4) is 5.75 Å². The molecule has 0 amide bonds. The molecule has 1 saturated carbocycles. The molecule has 2 rings (SSSR count). The van der Waals surface area contributed by atoms with Gasteiger partial charge in [-0.3, -0.25) is 0 Å². The highest BCUT2D eigenvalue weighted by molar-refractivity contribution is 5.23. The third-order valence-electron chi connectivity index (χ3n) is 3.04. The molecule has 2 nitrogen and oxygen atoms in total. The molecule has 16 heavy (non-hydrogen) atoms. The van der Waals surface area contributed by atoms with Crippen LogP contribution >= 0.6 is 0 Å². The second kappa shape index (κ2) is 5.30. The van der Waals surface area contributed by atoms with Crippen LogP contribution in [0.2, 0.25) is 0 Å². The Morgan fingerprint density at radius 3 is 2.69 bits per heavy atom. The molecule has 0 spiro atoms. The van der Waals surface area contributed by atoms with E-state index in [2.05, 4.69) is 0 Å². The van der Waals surface area contributed by atoms with E-state index in [9.17, 15) is 4.39 Å². The molecule has 2 atom stereocenters. The summed E-state index contributed by atoms with van der Waals surface area (Å²) in [5, 5.41) is 0. The fraction of sp³-hybridized carbons (Fsp3) is 0.538.